The number of nitrogens with one attached hydrogen (secondary N) is 1. The second kappa shape index (κ2) is 5.58. The number of hydrogen-bond acceptors (Lipinski definition) is 5. The number of nitrogens with zero attached hydrogens (tertiary/aromatic N) is 5. The fourth-order valence-corrected chi connectivity index (χ4v) is 2.89. The minimum absolute atomic E-state index is 0.0246. The van der Waals surface area contributed by atoms with E-state index in [0.29, 0.717) is 0 Å². The molecule has 0 aromatic carbocycles. The van der Waals surface area contributed by atoms with Crippen molar-refractivity contribution < 1.29 is 0 Å². The lowest BCUT2D eigenvalue weighted by molar-refractivity contribution is 0.773. The Hall–Kier alpha value is -2.54. The van der Waals surface area contributed by atoms with Crippen LogP contribution >= 0.6 is 15.9 Å². The predicted molar refractivity (Wildman–Crippen MR) is 92.3 cm³/mol. The lowest BCUT2D eigenvalue weighted by Gasteiger charge is -2.15. The minimum Gasteiger partial charge on any atom is -0.373 e. The first-order valence-electron chi connectivity index (χ1n) is 7.19. The third kappa shape index (κ3) is 2.53. The van der Waals surface area contributed by atoms with Crippen LogP contribution in [-0.4, -0.2) is 24.6 Å². The van der Waals surface area contributed by atoms with E-state index in [9.17, 15) is 0 Å². The van der Waals surface area contributed by atoms with Crippen molar-refractivity contribution in [2.45, 2.75) is 13.0 Å². The van der Waals surface area contributed by atoms with Crippen LogP contribution in [0.4, 0.5) is 5.69 Å². The van der Waals surface area contributed by atoms with E-state index in [4.69, 9.17) is 0 Å². The lowest BCUT2D eigenvalue weighted by atomic mass is 10.2. The highest BCUT2D eigenvalue weighted by Gasteiger charge is 2.14. The van der Waals surface area contributed by atoms with Crippen molar-refractivity contribution in [3.63, 3.8) is 0 Å². The normalized spacial score (nSPS) is 12.6. The van der Waals surface area contributed by atoms with Gasteiger partial charge in [-0.1, -0.05) is 6.07 Å². The molecule has 4 aromatic heterocycles. The van der Waals surface area contributed by atoms with E-state index < -0.39 is 0 Å². The molecule has 1 atom stereocenters. The van der Waals surface area contributed by atoms with Crippen molar-refractivity contribution in [1.29, 1.82) is 0 Å². The molecule has 114 valence electrons. The van der Waals surface area contributed by atoms with Crippen molar-refractivity contribution in [2.75, 3.05) is 5.32 Å². The van der Waals surface area contributed by atoms with E-state index in [1.165, 1.54) is 0 Å². The van der Waals surface area contributed by atoms with Gasteiger partial charge in [-0.25, -0.2) is 0 Å². The molecule has 0 radical (unpaired) electrons. The maximum Gasteiger partial charge on any atom is 0.160 e. The second-order valence-corrected chi connectivity index (χ2v) is 6.15. The molecule has 4 rings (SSSR count). The maximum atomic E-state index is 4.46. The fourth-order valence-electron chi connectivity index (χ4n) is 2.57. The molecule has 0 saturated heterocycles. The van der Waals surface area contributed by atoms with Crippen LogP contribution < -0.4 is 5.32 Å². The molecule has 0 aliphatic carbocycles. The van der Waals surface area contributed by atoms with Gasteiger partial charge < -0.3 is 5.32 Å². The smallest absolute Gasteiger partial charge is 0.160 e. The number of halogens is 1. The minimum atomic E-state index is -0.0246. The predicted octanol–water partition coefficient (Wildman–Crippen LogP) is 3.61. The lowest BCUT2D eigenvalue weighted by Crippen LogP contribution is -2.11. The summed E-state index contributed by atoms with van der Waals surface area (Å²) in [5.74, 6) is 0.850. The molecule has 6 nitrogen and oxygen atoms in total. The summed E-state index contributed by atoms with van der Waals surface area (Å²) in [4.78, 5) is 8.82. The Bertz CT molecular complexity index is 996. The molecule has 0 saturated carbocycles. The highest BCUT2D eigenvalue weighted by atomic mass is 79.9. The van der Waals surface area contributed by atoms with Gasteiger partial charge in [0.25, 0.3) is 0 Å². The van der Waals surface area contributed by atoms with Crippen LogP contribution in [0.5, 0.6) is 0 Å². The molecular formula is C16H13BrN6. The topological polar surface area (TPSA) is 68.0 Å². The number of rotatable bonds is 3. The van der Waals surface area contributed by atoms with E-state index >= 15 is 0 Å². The number of anilines is 1. The summed E-state index contributed by atoms with van der Waals surface area (Å²) in [5, 5.41) is 11.9. The summed E-state index contributed by atoms with van der Waals surface area (Å²) >= 11 is 3.42. The van der Waals surface area contributed by atoms with Gasteiger partial charge >= 0.3 is 0 Å². The summed E-state index contributed by atoms with van der Waals surface area (Å²) in [7, 11) is 0. The van der Waals surface area contributed by atoms with Crippen molar-refractivity contribution in [2.24, 2.45) is 0 Å². The van der Waals surface area contributed by atoms with Gasteiger partial charge in [-0.3, -0.25) is 14.4 Å². The Morgan fingerprint density at radius 1 is 1.17 bits per heavy atom. The second-order valence-electron chi connectivity index (χ2n) is 5.23. The van der Waals surface area contributed by atoms with E-state index in [1.807, 2.05) is 40.9 Å². The monoisotopic (exact) mass is 368 g/mol. The van der Waals surface area contributed by atoms with Crippen LogP contribution in [0.1, 0.15) is 18.8 Å². The molecule has 0 spiro atoms. The van der Waals surface area contributed by atoms with Crippen LogP contribution in [0, 0.1) is 0 Å². The summed E-state index contributed by atoms with van der Waals surface area (Å²) in [6, 6.07) is 9.69. The molecule has 1 N–H and O–H groups in total. The molecule has 4 aromatic rings. The third-order valence-electron chi connectivity index (χ3n) is 3.64. The Morgan fingerprint density at radius 3 is 3.00 bits per heavy atom. The van der Waals surface area contributed by atoms with Gasteiger partial charge in [-0.15, -0.1) is 10.2 Å². The third-order valence-corrected chi connectivity index (χ3v) is 4.08. The van der Waals surface area contributed by atoms with Crippen LogP contribution in [0.25, 0.3) is 16.7 Å². The van der Waals surface area contributed by atoms with E-state index in [0.717, 1.165) is 32.7 Å². The Morgan fingerprint density at radius 2 is 2.09 bits per heavy atom. The van der Waals surface area contributed by atoms with Crippen molar-refractivity contribution in [3.05, 3.63) is 59.2 Å². The van der Waals surface area contributed by atoms with Gasteiger partial charge in [-0.2, -0.15) is 0 Å². The standard InChI is InChI=1S/C16H13BrN6/c1-10(16-22-21-14-4-2-3-7-23(14)16)20-12-5-6-18-13-8-11(17)9-19-15(12)13/h2-10H,1H3,(H,18,20). The Kier molecular flexibility index (Phi) is 3.42. The highest BCUT2D eigenvalue weighted by Crippen LogP contribution is 2.25. The number of pyridine rings is 3. The van der Waals surface area contributed by atoms with E-state index in [1.54, 1.807) is 12.4 Å². The largest absolute Gasteiger partial charge is 0.373 e. The Labute approximate surface area is 140 Å². The average molecular weight is 369 g/mol. The zero-order valence-electron chi connectivity index (χ0n) is 12.3. The first kappa shape index (κ1) is 14.1. The molecule has 23 heavy (non-hydrogen) atoms. The summed E-state index contributed by atoms with van der Waals surface area (Å²) < 4.78 is 2.89. The van der Waals surface area contributed by atoms with Gasteiger partial charge in [0.15, 0.2) is 11.5 Å². The van der Waals surface area contributed by atoms with Gasteiger partial charge in [0, 0.05) is 23.1 Å². The first-order chi connectivity index (χ1) is 11.2. The zero-order chi connectivity index (χ0) is 15.8. The van der Waals surface area contributed by atoms with Gasteiger partial charge in [0.05, 0.1) is 17.2 Å². The summed E-state index contributed by atoms with van der Waals surface area (Å²) in [5.41, 5.74) is 3.42. The molecule has 0 aliphatic rings. The van der Waals surface area contributed by atoms with Crippen LogP contribution in [0.3, 0.4) is 0 Å². The van der Waals surface area contributed by atoms with Crippen LogP contribution in [0.15, 0.2) is 53.4 Å². The molecule has 1 unspecified atom stereocenters. The average Bonchev–Trinajstić information content (AvgIpc) is 2.99. The highest BCUT2D eigenvalue weighted by molar-refractivity contribution is 9.10. The first-order valence-corrected chi connectivity index (χ1v) is 7.98. The Balaban J connectivity index is 1.73. The van der Waals surface area contributed by atoms with Gasteiger partial charge in [0.1, 0.15) is 5.52 Å². The molecular weight excluding hydrogens is 356 g/mol. The molecule has 4 heterocycles. The number of hydrogen-bond donors (Lipinski definition) is 1. The molecule has 0 amide bonds. The quantitative estimate of drug-likeness (QED) is 0.598. The SMILES string of the molecule is CC(Nc1ccnc2cc(Br)cnc12)c1nnc2ccccn12. The summed E-state index contributed by atoms with van der Waals surface area (Å²) in [6.45, 7) is 2.05. The van der Waals surface area contributed by atoms with Crippen LogP contribution in [0.2, 0.25) is 0 Å². The van der Waals surface area contributed by atoms with Crippen molar-refractivity contribution in [3.8, 4) is 0 Å². The fraction of sp³-hybridized carbons (Fsp3) is 0.125. The number of fused-ring (bicyclic) bond motifs is 2. The van der Waals surface area contributed by atoms with Crippen molar-refractivity contribution >= 4 is 38.3 Å². The van der Waals surface area contributed by atoms with Crippen molar-refractivity contribution in [1.82, 2.24) is 24.6 Å². The number of aromatic nitrogens is 5. The van der Waals surface area contributed by atoms with Gasteiger partial charge in [0.2, 0.25) is 0 Å². The van der Waals surface area contributed by atoms with Gasteiger partial charge in [-0.05, 0) is 47.1 Å². The molecule has 0 aliphatic heterocycles. The van der Waals surface area contributed by atoms with E-state index in [2.05, 4.69) is 48.3 Å². The summed E-state index contributed by atoms with van der Waals surface area (Å²) in [6.07, 6.45) is 5.50. The zero-order valence-corrected chi connectivity index (χ0v) is 13.9. The van der Waals surface area contributed by atoms with Crippen LogP contribution in [-0.2, 0) is 0 Å². The maximum absolute atomic E-state index is 4.46. The molecule has 7 heteroatoms. The molecule has 0 bridgehead atoms. The van der Waals surface area contributed by atoms with E-state index in [-0.39, 0.29) is 6.04 Å². The molecule has 0 fully saturated rings.